The first-order chi connectivity index (χ1) is 12.4. The largest absolute Gasteiger partial charge is 0.303 e. The molecule has 0 unspecified atom stereocenters. The van der Waals surface area contributed by atoms with Gasteiger partial charge in [-0.1, -0.05) is 30.7 Å². The molecule has 4 fully saturated rings. The third kappa shape index (κ3) is 3.28. The van der Waals surface area contributed by atoms with Crippen LogP contribution in [0.2, 0.25) is 0 Å². The van der Waals surface area contributed by atoms with Gasteiger partial charge in [0.15, 0.2) is 0 Å². The predicted molar refractivity (Wildman–Crippen MR) is 104 cm³/mol. The van der Waals surface area contributed by atoms with E-state index in [1.165, 1.54) is 89.7 Å². The number of nitrogens with zero attached hydrogens (tertiary/aromatic N) is 2. The van der Waals surface area contributed by atoms with Crippen LogP contribution in [-0.4, -0.2) is 48.6 Å². The van der Waals surface area contributed by atoms with E-state index >= 15 is 0 Å². The van der Waals surface area contributed by atoms with E-state index < -0.39 is 0 Å². The van der Waals surface area contributed by atoms with Gasteiger partial charge in [0.1, 0.15) is 0 Å². The maximum Gasteiger partial charge on any atom is 0.00955 e. The van der Waals surface area contributed by atoms with E-state index in [-0.39, 0.29) is 0 Å². The highest BCUT2D eigenvalue weighted by Crippen LogP contribution is 2.49. The molecule has 1 aromatic carbocycles. The van der Waals surface area contributed by atoms with Crippen LogP contribution in [0.4, 0.5) is 0 Å². The Morgan fingerprint density at radius 1 is 0.840 bits per heavy atom. The van der Waals surface area contributed by atoms with Gasteiger partial charge in [0, 0.05) is 25.7 Å². The van der Waals surface area contributed by atoms with Crippen LogP contribution in [0.5, 0.6) is 0 Å². The fourth-order valence-corrected chi connectivity index (χ4v) is 5.99. The Hall–Kier alpha value is -0.860. The Kier molecular flexibility index (Phi) is 4.60. The van der Waals surface area contributed by atoms with Gasteiger partial charge in [0.05, 0.1) is 0 Å². The highest BCUT2D eigenvalue weighted by molar-refractivity contribution is 5.28. The van der Waals surface area contributed by atoms with Gasteiger partial charge in [-0.25, -0.2) is 0 Å². The van der Waals surface area contributed by atoms with Crippen LogP contribution in [0, 0.1) is 11.8 Å². The van der Waals surface area contributed by atoms with Crippen molar-refractivity contribution in [3.8, 4) is 0 Å². The number of hydrogen-bond acceptors (Lipinski definition) is 2. The molecule has 2 saturated heterocycles. The van der Waals surface area contributed by atoms with E-state index in [4.69, 9.17) is 0 Å². The number of hydrogen-bond donors (Lipinski definition) is 0. The summed E-state index contributed by atoms with van der Waals surface area (Å²) in [6.45, 7) is 6.68. The molecule has 4 aliphatic rings. The van der Waals surface area contributed by atoms with Gasteiger partial charge in [0.2, 0.25) is 0 Å². The third-order valence-electron chi connectivity index (χ3n) is 7.80. The van der Waals surface area contributed by atoms with Gasteiger partial charge < -0.3 is 4.90 Å². The fraction of sp³-hybridized carbons (Fsp3) is 0.739. The van der Waals surface area contributed by atoms with E-state index in [9.17, 15) is 0 Å². The number of benzene rings is 1. The van der Waals surface area contributed by atoms with Crippen molar-refractivity contribution in [1.82, 2.24) is 9.80 Å². The SMILES string of the molecule is c1cc([C@@H]2CC[C@@H]3CN(C4CCC4)C[C@@H]32)ccc1CCN1CCCC1. The first kappa shape index (κ1) is 16.3. The van der Waals surface area contributed by atoms with Gasteiger partial charge in [-0.05, 0) is 86.9 Å². The summed E-state index contributed by atoms with van der Waals surface area (Å²) in [4.78, 5) is 5.47. The second kappa shape index (κ2) is 7.04. The summed E-state index contributed by atoms with van der Waals surface area (Å²) >= 11 is 0. The van der Waals surface area contributed by atoms with E-state index in [0.717, 1.165) is 23.8 Å². The van der Waals surface area contributed by atoms with E-state index in [0.29, 0.717) is 0 Å². The van der Waals surface area contributed by atoms with Gasteiger partial charge in [-0.3, -0.25) is 4.90 Å². The number of rotatable bonds is 5. The molecule has 136 valence electrons. The maximum atomic E-state index is 2.84. The molecule has 0 spiro atoms. The molecule has 1 aromatic rings. The molecule has 0 amide bonds. The summed E-state index contributed by atoms with van der Waals surface area (Å²) in [5.41, 5.74) is 3.17. The Labute approximate surface area is 153 Å². The van der Waals surface area contributed by atoms with Crippen LogP contribution < -0.4 is 0 Å². The van der Waals surface area contributed by atoms with Crippen molar-refractivity contribution in [1.29, 1.82) is 0 Å². The number of fused-ring (bicyclic) bond motifs is 1. The molecule has 2 heterocycles. The van der Waals surface area contributed by atoms with Crippen molar-refractivity contribution in [3.05, 3.63) is 35.4 Å². The van der Waals surface area contributed by atoms with Crippen molar-refractivity contribution in [2.75, 3.05) is 32.7 Å². The van der Waals surface area contributed by atoms with Gasteiger partial charge in [-0.15, -0.1) is 0 Å². The second-order valence-electron chi connectivity index (χ2n) is 9.19. The van der Waals surface area contributed by atoms with Crippen molar-refractivity contribution in [3.63, 3.8) is 0 Å². The molecule has 0 N–H and O–H groups in total. The van der Waals surface area contributed by atoms with Crippen molar-refractivity contribution < 1.29 is 0 Å². The zero-order valence-electron chi connectivity index (χ0n) is 15.7. The van der Waals surface area contributed by atoms with Crippen molar-refractivity contribution in [2.45, 2.75) is 63.3 Å². The molecule has 25 heavy (non-hydrogen) atoms. The first-order valence-electron chi connectivity index (χ1n) is 10.9. The molecule has 5 rings (SSSR count). The topological polar surface area (TPSA) is 6.48 Å². The molecular weight excluding hydrogens is 304 g/mol. The predicted octanol–water partition coefficient (Wildman–Crippen LogP) is 4.30. The second-order valence-corrected chi connectivity index (χ2v) is 9.19. The Bertz CT molecular complexity index is 570. The highest BCUT2D eigenvalue weighted by atomic mass is 15.2. The van der Waals surface area contributed by atoms with Crippen LogP contribution in [0.3, 0.4) is 0 Å². The minimum Gasteiger partial charge on any atom is -0.303 e. The van der Waals surface area contributed by atoms with Crippen LogP contribution in [0.1, 0.15) is 62.0 Å². The molecule has 2 saturated carbocycles. The highest BCUT2D eigenvalue weighted by Gasteiger charge is 2.45. The lowest BCUT2D eigenvalue weighted by atomic mass is 9.86. The average molecular weight is 339 g/mol. The standard InChI is InChI=1S/C23H34N2/c1-2-14-24(13-1)15-12-18-6-8-19(9-7-18)22-11-10-20-16-25(17-23(20)22)21-4-3-5-21/h6-9,20-23H,1-5,10-17H2/t20-,22+,23+/m1/s1. The fourth-order valence-electron chi connectivity index (χ4n) is 5.99. The van der Waals surface area contributed by atoms with Gasteiger partial charge >= 0.3 is 0 Å². The Morgan fingerprint density at radius 2 is 1.64 bits per heavy atom. The van der Waals surface area contributed by atoms with Crippen molar-refractivity contribution in [2.24, 2.45) is 11.8 Å². The lowest BCUT2D eigenvalue weighted by molar-refractivity contribution is 0.146. The molecule has 2 aliphatic carbocycles. The molecule has 2 heteroatoms. The molecule has 3 atom stereocenters. The minimum absolute atomic E-state index is 0.836. The minimum atomic E-state index is 0.836. The summed E-state index contributed by atoms with van der Waals surface area (Å²) in [6.07, 6.45) is 11.3. The van der Waals surface area contributed by atoms with Crippen LogP contribution >= 0.6 is 0 Å². The van der Waals surface area contributed by atoms with Gasteiger partial charge in [-0.2, -0.15) is 0 Å². The third-order valence-corrected chi connectivity index (χ3v) is 7.80. The van der Waals surface area contributed by atoms with E-state index in [1.807, 2.05) is 0 Å². The smallest absolute Gasteiger partial charge is 0.00955 e. The molecular formula is C23H34N2. The van der Waals surface area contributed by atoms with E-state index in [2.05, 4.69) is 34.1 Å². The molecule has 2 aliphatic heterocycles. The Morgan fingerprint density at radius 3 is 2.36 bits per heavy atom. The summed E-state index contributed by atoms with van der Waals surface area (Å²) in [6, 6.07) is 10.7. The zero-order valence-corrected chi connectivity index (χ0v) is 15.7. The molecule has 0 bridgehead atoms. The zero-order chi connectivity index (χ0) is 16.6. The van der Waals surface area contributed by atoms with E-state index in [1.54, 1.807) is 5.56 Å². The lowest BCUT2D eigenvalue weighted by Crippen LogP contribution is -2.39. The van der Waals surface area contributed by atoms with Crippen LogP contribution in [0.25, 0.3) is 0 Å². The maximum absolute atomic E-state index is 2.84. The van der Waals surface area contributed by atoms with Crippen LogP contribution in [-0.2, 0) is 6.42 Å². The normalized spacial score (nSPS) is 33.7. The first-order valence-corrected chi connectivity index (χ1v) is 10.9. The lowest BCUT2D eigenvalue weighted by Gasteiger charge is -2.35. The summed E-state index contributed by atoms with van der Waals surface area (Å²) in [7, 11) is 0. The summed E-state index contributed by atoms with van der Waals surface area (Å²) in [5.74, 6) is 2.76. The molecule has 0 radical (unpaired) electrons. The van der Waals surface area contributed by atoms with Gasteiger partial charge in [0.25, 0.3) is 0 Å². The Balaban J connectivity index is 1.20. The van der Waals surface area contributed by atoms with Crippen molar-refractivity contribution >= 4 is 0 Å². The monoisotopic (exact) mass is 338 g/mol. The summed E-state index contributed by atoms with van der Waals surface area (Å²) < 4.78 is 0. The van der Waals surface area contributed by atoms with Crippen LogP contribution in [0.15, 0.2) is 24.3 Å². The quantitative estimate of drug-likeness (QED) is 0.790. The summed E-state index contributed by atoms with van der Waals surface area (Å²) in [5, 5.41) is 0. The molecule has 2 nitrogen and oxygen atoms in total. The number of likely N-dealkylation sites (tertiary alicyclic amines) is 2. The molecule has 0 aromatic heterocycles. The average Bonchev–Trinajstić information content (AvgIpc) is 3.29.